The van der Waals surface area contributed by atoms with Gasteiger partial charge in [0.2, 0.25) is 15.9 Å². The maximum absolute atomic E-state index is 12.7. The van der Waals surface area contributed by atoms with E-state index in [1.54, 1.807) is 6.07 Å². The Morgan fingerprint density at radius 3 is 2.57 bits per heavy atom. The first kappa shape index (κ1) is 19.2. The fraction of sp³-hybridized carbons (Fsp3) is 0.350. The van der Waals surface area contributed by atoms with Crippen LogP contribution in [-0.2, 0) is 14.8 Å². The van der Waals surface area contributed by atoms with Gasteiger partial charge in [-0.2, -0.15) is 4.31 Å². The number of rotatable bonds is 5. The smallest absolute Gasteiger partial charge is 0.243 e. The van der Waals surface area contributed by atoms with Gasteiger partial charge in [-0.15, -0.1) is 0 Å². The molecular formula is C20H21ClN2O4S. The lowest BCUT2D eigenvalue weighted by atomic mass is 10.1. The molecule has 2 fully saturated rings. The number of nitrogens with one attached hydrogen (secondary N) is 1. The maximum atomic E-state index is 12.7. The third-order valence-corrected chi connectivity index (χ3v) is 7.60. The molecule has 8 heteroatoms. The minimum Gasteiger partial charge on any atom is -0.506 e. The summed E-state index contributed by atoms with van der Waals surface area (Å²) in [4.78, 5) is 12.7. The molecule has 0 radical (unpaired) electrons. The number of benzene rings is 2. The standard InChI is InChI=1S/C20H21ClN2O4S/c21-17-6-2-1-5-14(17)15-12-16(15)20(25)22-18-11-13(7-8-19(18)24)28(26,27)23-9-3-4-10-23/h1-2,5-8,11,15-16,24H,3-4,9-10,12H2,(H,22,25). The molecule has 2 aromatic rings. The highest BCUT2D eigenvalue weighted by Gasteiger charge is 2.45. The summed E-state index contributed by atoms with van der Waals surface area (Å²) in [7, 11) is -3.62. The van der Waals surface area contributed by atoms with Crippen LogP contribution in [0.5, 0.6) is 5.75 Å². The molecule has 28 heavy (non-hydrogen) atoms. The predicted octanol–water partition coefficient (Wildman–Crippen LogP) is 3.57. The van der Waals surface area contributed by atoms with Crippen LogP contribution in [0.15, 0.2) is 47.4 Å². The van der Waals surface area contributed by atoms with Gasteiger partial charge in [0.1, 0.15) is 5.75 Å². The summed E-state index contributed by atoms with van der Waals surface area (Å²) < 4.78 is 26.9. The second kappa shape index (κ2) is 7.39. The van der Waals surface area contributed by atoms with Crippen molar-refractivity contribution in [2.45, 2.75) is 30.1 Å². The van der Waals surface area contributed by atoms with Gasteiger partial charge in [-0.25, -0.2) is 8.42 Å². The Bertz CT molecular complexity index is 1020. The van der Waals surface area contributed by atoms with Gasteiger partial charge in [0.15, 0.2) is 0 Å². The van der Waals surface area contributed by atoms with Gasteiger partial charge in [0.05, 0.1) is 10.6 Å². The normalized spacial score (nSPS) is 22.2. The average Bonchev–Trinajstić information content (AvgIpc) is 3.26. The number of halogens is 1. The number of nitrogens with zero attached hydrogens (tertiary/aromatic N) is 1. The van der Waals surface area contributed by atoms with Crippen LogP contribution < -0.4 is 5.32 Å². The number of carbonyl (C=O) groups excluding carboxylic acids is 1. The van der Waals surface area contributed by atoms with Crippen molar-refractivity contribution < 1.29 is 18.3 Å². The van der Waals surface area contributed by atoms with Gasteiger partial charge in [-0.1, -0.05) is 29.8 Å². The maximum Gasteiger partial charge on any atom is 0.243 e. The Morgan fingerprint density at radius 1 is 1.14 bits per heavy atom. The number of hydrogen-bond acceptors (Lipinski definition) is 4. The summed E-state index contributed by atoms with van der Waals surface area (Å²) in [5.41, 5.74) is 1.04. The van der Waals surface area contributed by atoms with Crippen LogP contribution in [0.4, 0.5) is 5.69 Å². The number of sulfonamides is 1. The lowest BCUT2D eigenvalue weighted by Gasteiger charge is -2.16. The monoisotopic (exact) mass is 420 g/mol. The van der Waals surface area contributed by atoms with Crippen molar-refractivity contribution in [1.29, 1.82) is 0 Å². The van der Waals surface area contributed by atoms with Gasteiger partial charge in [-0.05, 0) is 55.0 Å². The van der Waals surface area contributed by atoms with Crippen molar-refractivity contribution in [3.05, 3.63) is 53.1 Å². The first-order valence-corrected chi connectivity index (χ1v) is 11.1. The topological polar surface area (TPSA) is 86.7 Å². The Hall–Kier alpha value is -2.09. The van der Waals surface area contributed by atoms with Crippen molar-refractivity contribution in [1.82, 2.24) is 4.31 Å². The van der Waals surface area contributed by atoms with E-state index in [-0.39, 0.29) is 34.1 Å². The zero-order valence-corrected chi connectivity index (χ0v) is 16.7. The number of aromatic hydroxyl groups is 1. The second-order valence-electron chi connectivity index (χ2n) is 7.25. The molecule has 2 aromatic carbocycles. The van der Waals surface area contributed by atoms with Crippen LogP contribution in [-0.4, -0.2) is 36.8 Å². The van der Waals surface area contributed by atoms with E-state index in [4.69, 9.17) is 11.6 Å². The van der Waals surface area contributed by atoms with E-state index in [1.165, 1.54) is 22.5 Å². The van der Waals surface area contributed by atoms with Gasteiger partial charge in [0.25, 0.3) is 0 Å². The first-order valence-electron chi connectivity index (χ1n) is 9.26. The van der Waals surface area contributed by atoms with Gasteiger partial charge in [0, 0.05) is 24.0 Å². The van der Waals surface area contributed by atoms with Crippen molar-refractivity contribution >= 4 is 33.2 Å². The molecule has 1 saturated heterocycles. The molecule has 148 valence electrons. The second-order valence-corrected chi connectivity index (χ2v) is 9.59. The van der Waals surface area contributed by atoms with Crippen LogP contribution in [0, 0.1) is 5.92 Å². The summed E-state index contributed by atoms with van der Waals surface area (Å²) in [5.74, 6) is -0.634. The largest absolute Gasteiger partial charge is 0.506 e. The molecule has 0 bridgehead atoms. The third kappa shape index (κ3) is 3.62. The SMILES string of the molecule is O=C(Nc1cc(S(=O)(=O)N2CCCC2)ccc1O)C1CC1c1ccccc1Cl. The van der Waals surface area contributed by atoms with Crippen LogP contribution >= 0.6 is 11.6 Å². The molecule has 1 aliphatic heterocycles. The zero-order chi connectivity index (χ0) is 19.9. The van der Waals surface area contributed by atoms with Crippen LogP contribution in [0.1, 0.15) is 30.7 Å². The third-order valence-electron chi connectivity index (χ3n) is 5.36. The summed E-state index contributed by atoms with van der Waals surface area (Å²) in [6.07, 6.45) is 2.35. The molecule has 2 atom stereocenters. The predicted molar refractivity (Wildman–Crippen MR) is 107 cm³/mol. The quantitative estimate of drug-likeness (QED) is 0.724. The molecule has 1 saturated carbocycles. The highest BCUT2D eigenvalue weighted by molar-refractivity contribution is 7.89. The summed E-state index contributed by atoms with van der Waals surface area (Å²) in [6, 6.07) is 11.4. The number of carbonyl (C=O) groups is 1. The van der Waals surface area contributed by atoms with E-state index in [0.717, 1.165) is 18.4 Å². The number of hydrogen-bond donors (Lipinski definition) is 2. The lowest BCUT2D eigenvalue weighted by molar-refractivity contribution is -0.117. The minimum absolute atomic E-state index is 0.0346. The van der Waals surface area contributed by atoms with E-state index in [9.17, 15) is 18.3 Å². The van der Waals surface area contributed by atoms with Crippen molar-refractivity contribution in [2.75, 3.05) is 18.4 Å². The molecule has 0 aromatic heterocycles. The number of phenols is 1. The zero-order valence-electron chi connectivity index (χ0n) is 15.1. The Morgan fingerprint density at radius 2 is 1.86 bits per heavy atom. The molecule has 1 amide bonds. The van der Waals surface area contributed by atoms with Crippen LogP contribution in [0.2, 0.25) is 5.02 Å². The Kier molecular flexibility index (Phi) is 5.07. The number of phenolic OH excluding ortho intramolecular Hbond substituents is 1. The molecule has 0 spiro atoms. The van der Waals surface area contributed by atoms with E-state index in [1.807, 2.05) is 18.2 Å². The van der Waals surface area contributed by atoms with Crippen LogP contribution in [0.25, 0.3) is 0 Å². The van der Waals surface area contributed by atoms with Crippen molar-refractivity contribution in [2.24, 2.45) is 5.92 Å². The van der Waals surface area contributed by atoms with E-state index in [0.29, 0.717) is 24.5 Å². The summed E-state index contributed by atoms with van der Waals surface area (Å²) in [6.45, 7) is 0.985. The molecular weight excluding hydrogens is 400 g/mol. The Balaban J connectivity index is 1.51. The highest BCUT2D eigenvalue weighted by Crippen LogP contribution is 2.50. The summed E-state index contributed by atoms with van der Waals surface area (Å²) in [5, 5.41) is 13.4. The average molecular weight is 421 g/mol. The van der Waals surface area contributed by atoms with Crippen molar-refractivity contribution in [3.63, 3.8) is 0 Å². The molecule has 1 aliphatic carbocycles. The molecule has 4 rings (SSSR count). The number of amides is 1. The molecule has 2 aliphatic rings. The van der Waals surface area contributed by atoms with E-state index < -0.39 is 10.0 Å². The molecule has 1 heterocycles. The van der Waals surface area contributed by atoms with Gasteiger partial charge < -0.3 is 10.4 Å². The van der Waals surface area contributed by atoms with E-state index in [2.05, 4.69) is 5.32 Å². The Labute approximate surface area is 169 Å². The fourth-order valence-corrected chi connectivity index (χ4v) is 5.50. The molecule has 2 N–H and O–H groups in total. The van der Waals surface area contributed by atoms with Gasteiger partial charge >= 0.3 is 0 Å². The molecule has 2 unspecified atom stereocenters. The first-order chi connectivity index (χ1) is 13.4. The van der Waals surface area contributed by atoms with Crippen LogP contribution in [0.3, 0.4) is 0 Å². The van der Waals surface area contributed by atoms with Gasteiger partial charge in [-0.3, -0.25) is 4.79 Å². The fourth-order valence-electron chi connectivity index (χ4n) is 3.68. The van der Waals surface area contributed by atoms with Crippen molar-refractivity contribution in [3.8, 4) is 5.75 Å². The minimum atomic E-state index is -3.62. The highest BCUT2D eigenvalue weighted by atomic mass is 35.5. The van der Waals surface area contributed by atoms with E-state index >= 15 is 0 Å². The molecule has 6 nitrogen and oxygen atoms in total. The number of anilines is 1. The summed E-state index contributed by atoms with van der Waals surface area (Å²) >= 11 is 6.20. The lowest BCUT2D eigenvalue weighted by Crippen LogP contribution is -2.28.